The molecule has 0 aliphatic heterocycles. The Balaban J connectivity index is 1.43. The van der Waals surface area contributed by atoms with Crippen molar-refractivity contribution in [3.8, 4) is 0 Å². The Labute approximate surface area is 192 Å². The predicted octanol–water partition coefficient (Wildman–Crippen LogP) is 5.06. The number of nitrogens with zero attached hydrogens (tertiary/aromatic N) is 2. The Morgan fingerprint density at radius 1 is 1.06 bits per heavy atom. The number of hydrogen-bond acceptors (Lipinski definition) is 4. The number of amides is 1. The predicted molar refractivity (Wildman–Crippen MR) is 128 cm³/mol. The Morgan fingerprint density at radius 2 is 1.87 bits per heavy atom. The van der Waals surface area contributed by atoms with Gasteiger partial charge in [-0.15, -0.1) is 0 Å². The number of rotatable bonds is 6. The summed E-state index contributed by atoms with van der Waals surface area (Å²) in [7, 11) is 0. The Hall–Kier alpha value is -3.16. The molecule has 8 heteroatoms. The van der Waals surface area contributed by atoms with Crippen LogP contribution in [0.15, 0.2) is 82.3 Å². The highest BCUT2D eigenvalue weighted by atomic mass is 79.9. The average molecular weight is 498 g/mol. The molecule has 0 aliphatic rings. The second kappa shape index (κ2) is 9.32. The molecule has 6 nitrogen and oxygen atoms in total. The Morgan fingerprint density at radius 3 is 2.65 bits per heavy atom. The summed E-state index contributed by atoms with van der Waals surface area (Å²) in [5, 5.41) is 6.98. The lowest BCUT2D eigenvalue weighted by molar-refractivity contribution is -0.116. The molecule has 1 heterocycles. The zero-order valence-electron chi connectivity index (χ0n) is 16.3. The van der Waals surface area contributed by atoms with Crippen molar-refractivity contribution >= 4 is 55.7 Å². The summed E-state index contributed by atoms with van der Waals surface area (Å²) < 4.78 is 2.05. The van der Waals surface area contributed by atoms with Crippen LogP contribution in [-0.2, 0) is 17.9 Å². The summed E-state index contributed by atoms with van der Waals surface area (Å²) in [6, 6.07) is 20.5. The molecule has 1 amide bonds. The quantitative estimate of drug-likeness (QED) is 0.390. The van der Waals surface area contributed by atoms with E-state index >= 15 is 0 Å². The van der Waals surface area contributed by atoms with Crippen molar-refractivity contribution in [1.82, 2.24) is 9.55 Å². The summed E-state index contributed by atoms with van der Waals surface area (Å²) in [6.45, 7) is 0.486. The molecule has 0 fully saturated rings. The maximum Gasteiger partial charge on any atom is 0.261 e. The average Bonchev–Trinajstić information content (AvgIpc) is 2.76. The van der Waals surface area contributed by atoms with Crippen molar-refractivity contribution in [2.45, 2.75) is 13.1 Å². The number of carbonyl (C=O) groups is 1. The van der Waals surface area contributed by atoms with E-state index in [4.69, 9.17) is 11.6 Å². The fourth-order valence-corrected chi connectivity index (χ4v) is 3.74. The monoisotopic (exact) mass is 496 g/mol. The smallest absolute Gasteiger partial charge is 0.261 e. The van der Waals surface area contributed by atoms with Crippen molar-refractivity contribution in [2.24, 2.45) is 0 Å². The van der Waals surface area contributed by atoms with Crippen molar-refractivity contribution in [3.05, 3.63) is 98.5 Å². The first-order chi connectivity index (χ1) is 15.0. The van der Waals surface area contributed by atoms with E-state index in [1.807, 2.05) is 42.5 Å². The van der Waals surface area contributed by atoms with E-state index in [2.05, 4.69) is 31.5 Å². The summed E-state index contributed by atoms with van der Waals surface area (Å²) in [6.07, 6.45) is 1.38. The molecule has 1 aromatic heterocycles. The summed E-state index contributed by atoms with van der Waals surface area (Å²) in [4.78, 5) is 29.4. The van der Waals surface area contributed by atoms with Gasteiger partial charge in [0.05, 0.1) is 27.9 Å². The van der Waals surface area contributed by atoms with Gasteiger partial charge in [-0.05, 0) is 42.0 Å². The fourth-order valence-electron chi connectivity index (χ4n) is 3.13. The first-order valence-corrected chi connectivity index (χ1v) is 10.7. The van der Waals surface area contributed by atoms with Crippen LogP contribution < -0.4 is 16.2 Å². The second-order valence-corrected chi connectivity index (χ2v) is 8.24. The summed E-state index contributed by atoms with van der Waals surface area (Å²) in [5.41, 5.74) is 2.75. The number of aromatic nitrogens is 2. The minimum atomic E-state index is -0.348. The zero-order chi connectivity index (χ0) is 21.8. The van der Waals surface area contributed by atoms with Gasteiger partial charge in [-0.2, -0.15) is 0 Å². The third-order valence-corrected chi connectivity index (χ3v) is 5.48. The molecule has 0 atom stereocenters. The van der Waals surface area contributed by atoms with Gasteiger partial charge in [-0.3, -0.25) is 14.2 Å². The number of hydrogen-bond donors (Lipinski definition) is 2. The fraction of sp³-hybridized carbons (Fsp3) is 0.0870. The van der Waals surface area contributed by atoms with Gasteiger partial charge in [0, 0.05) is 16.7 Å². The van der Waals surface area contributed by atoms with E-state index in [1.165, 1.54) is 10.9 Å². The SMILES string of the molecule is O=C(Cn1cnc2ccc(Br)cc2c1=O)Nc1ccc(NCc2ccccc2)c(Cl)c1. The van der Waals surface area contributed by atoms with Crippen molar-refractivity contribution in [2.75, 3.05) is 10.6 Å². The van der Waals surface area contributed by atoms with Gasteiger partial charge >= 0.3 is 0 Å². The molecular formula is C23H18BrClN4O2. The second-order valence-electron chi connectivity index (χ2n) is 6.92. The van der Waals surface area contributed by atoms with E-state index < -0.39 is 0 Å². The van der Waals surface area contributed by atoms with Gasteiger partial charge in [0.1, 0.15) is 6.54 Å². The number of fused-ring (bicyclic) bond motifs is 1. The highest BCUT2D eigenvalue weighted by Crippen LogP contribution is 2.26. The highest BCUT2D eigenvalue weighted by Gasteiger charge is 2.10. The number of benzene rings is 3. The first kappa shape index (κ1) is 21.1. The molecule has 156 valence electrons. The van der Waals surface area contributed by atoms with Gasteiger partial charge in [0.25, 0.3) is 5.56 Å². The third kappa shape index (κ3) is 5.13. The lowest BCUT2D eigenvalue weighted by atomic mass is 10.2. The van der Waals surface area contributed by atoms with Crippen LogP contribution in [0.1, 0.15) is 5.56 Å². The van der Waals surface area contributed by atoms with E-state index in [0.29, 0.717) is 28.2 Å². The van der Waals surface area contributed by atoms with E-state index in [1.54, 1.807) is 24.3 Å². The lowest BCUT2D eigenvalue weighted by Gasteiger charge is -2.12. The largest absolute Gasteiger partial charge is 0.380 e. The lowest BCUT2D eigenvalue weighted by Crippen LogP contribution is -2.27. The van der Waals surface area contributed by atoms with Crippen LogP contribution in [-0.4, -0.2) is 15.5 Å². The molecule has 4 rings (SSSR count). The van der Waals surface area contributed by atoms with Crippen LogP contribution in [0.4, 0.5) is 11.4 Å². The number of anilines is 2. The number of halogens is 2. The molecule has 0 bridgehead atoms. The van der Waals surface area contributed by atoms with Crippen molar-refractivity contribution in [1.29, 1.82) is 0 Å². The van der Waals surface area contributed by atoms with Gasteiger partial charge in [0.2, 0.25) is 5.91 Å². The normalized spacial score (nSPS) is 10.8. The van der Waals surface area contributed by atoms with Crippen LogP contribution in [0.3, 0.4) is 0 Å². The third-order valence-electron chi connectivity index (χ3n) is 4.68. The zero-order valence-corrected chi connectivity index (χ0v) is 18.7. The van der Waals surface area contributed by atoms with E-state index in [-0.39, 0.29) is 18.0 Å². The van der Waals surface area contributed by atoms with Crippen LogP contribution in [0.5, 0.6) is 0 Å². The van der Waals surface area contributed by atoms with Crippen molar-refractivity contribution in [3.63, 3.8) is 0 Å². The van der Waals surface area contributed by atoms with Gasteiger partial charge in [0.15, 0.2) is 0 Å². The minimum absolute atomic E-state index is 0.153. The molecule has 0 spiro atoms. The minimum Gasteiger partial charge on any atom is -0.380 e. The summed E-state index contributed by atoms with van der Waals surface area (Å²) in [5.74, 6) is -0.348. The topological polar surface area (TPSA) is 76.0 Å². The maximum absolute atomic E-state index is 12.6. The molecule has 0 saturated carbocycles. The van der Waals surface area contributed by atoms with E-state index in [9.17, 15) is 9.59 Å². The Kier molecular flexibility index (Phi) is 6.34. The van der Waals surface area contributed by atoms with Crippen LogP contribution in [0.2, 0.25) is 5.02 Å². The first-order valence-electron chi connectivity index (χ1n) is 9.51. The molecule has 3 aromatic carbocycles. The van der Waals surface area contributed by atoms with Gasteiger partial charge in [-0.25, -0.2) is 4.98 Å². The van der Waals surface area contributed by atoms with E-state index in [0.717, 1.165) is 15.7 Å². The molecule has 31 heavy (non-hydrogen) atoms. The van der Waals surface area contributed by atoms with Gasteiger partial charge < -0.3 is 10.6 Å². The van der Waals surface area contributed by atoms with Crippen LogP contribution >= 0.6 is 27.5 Å². The molecular weight excluding hydrogens is 480 g/mol. The van der Waals surface area contributed by atoms with Gasteiger partial charge in [-0.1, -0.05) is 57.9 Å². The number of nitrogens with one attached hydrogen (secondary N) is 2. The molecule has 4 aromatic rings. The molecule has 0 saturated heterocycles. The number of carbonyl (C=O) groups excluding carboxylic acids is 1. The van der Waals surface area contributed by atoms with Crippen LogP contribution in [0, 0.1) is 0 Å². The summed E-state index contributed by atoms with van der Waals surface area (Å²) >= 11 is 9.71. The Bertz CT molecular complexity index is 1310. The standard InChI is InChI=1S/C23H18BrClN4O2/c24-16-6-8-20-18(10-16)23(31)29(14-27-20)13-22(30)28-17-7-9-21(19(25)11-17)26-12-15-4-2-1-3-5-15/h1-11,14,26H,12-13H2,(H,28,30). The molecule has 2 N–H and O–H groups in total. The van der Waals surface area contributed by atoms with Crippen LogP contribution in [0.25, 0.3) is 10.9 Å². The molecule has 0 aliphatic carbocycles. The molecule has 0 radical (unpaired) electrons. The maximum atomic E-state index is 12.6. The highest BCUT2D eigenvalue weighted by molar-refractivity contribution is 9.10. The van der Waals surface area contributed by atoms with Crippen molar-refractivity contribution < 1.29 is 4.79 Å². The molecule has 0 unspecified atom stereocenters.